The molecule has 0 aromatic carbocycles. The molecule has 0 radical (unpaired) electrons. The van der Waals surface area contributed by atoms with Crippen molar-refractivity contribution in [3.63, 3.8) is 0 Å². The van der Waals surface area contributed by atoms with Gasteiger partial charge in [0.05, 0.1) is 0 Å². The molecule has 20 heavy (non-hydrogen) atoms. The first-order valence-corrected chi connectivity index (χ1v) is 6.80. The first-order chi connectivity index (χ1) is 9.60. The average molecular weight is 281 g/mol. The van der Waals surface area contributed by atoms with E-state index in [0.29, 0.717) is 12.5 Å². The molecule has 1 aromatic heterocycles. The molecule has 0 spiro atoms. The molecule has 7 heteroatoms. The molecule has 2 heterocycles. The fraction of sp³-hybridized carbons (Fsp3) is 0.615. The van der Waals surface area contributed by atoms with Gasteiger partial charge in [-0.2, -0.15) is 0 Å². The minimum absolute atomic E-state index is 0.00777. The van der Waals surface area contributed by atoms with Crippen LogP contribution in [0.5, 0.6) is 0 Å². The Hall–Kier alpha value is -1.89. The molecular weight excluding hydrogens is 262 g/mol. The SMILES string of the molecule is CCN1CCC(CNC(=O)c2cc(C(=O)O)on2)CC1. The van der Waals surface area contributed by atoms with Gasteiger partial charge in [0, 0.05) is 12.6 Å². The summed E-state index contributed by atoms with van der Waals surface area (Å²) in [5.74, 6) is -1.48. The Morgan fingerprint density at radius 1 is 1.50 bits per heavy atom. The number of carboxylic acids is 1. The molecule has 1 aliphatic rings. The minimum Gasteiger partial charge on any atom is -0.475 e. The number of piperidine rings is 1. The Kier molecular flexibility index (Phi) is 4.73. The van der Waals surface area contributed by atoms with Gasteiger partial charge in [-0.25, -0.2) is 4.79 Å². The maximum atomic E-state index is 11.8. The van der Waals surface area contributed by atoms with Crippen LogP contribution in [0.25, 0.3) is 0 Å². The van der Waals surface area contributed by atoms with Crippen LogP contribution in [0.2, 0.25) is 0 Å². The number of carbonyl (C=O) groups is 2. The van der Waals surface area contributed by atoms with Crippen LogP contribution in [0, 0.1) is 5.92 Å². The molecule has 0 unspecified atom stereocenters. The number of carboxylic acid groups (broad SMARTS) is 1. The lowest BCUT2D eigenvalue weighted by Crippen LogP contribution is -2.38. The van der Waals surface area contributed by atoms with E-state index in [1.807, 2.05) is 0 Å². The van der Waals surface area contributed by atoms with E-state index in [1.165, 1.54) is 0 Å². The molecule has 1 aliphatic heterocycles. The third kappa shape index (κ3) is 3.57. The summed E-state index contributed by atoms with van der Waals surface area (Å²) in [5, 5.41) is 14.9. The lowest BCUT2D eigenvalue weighted by molar-refractivity contribution is 0.0651. The number of likely N-dealkylation sites (tertiary alicyclic amines) is 1. The summed E-state index contributed by atoms with van der Waals surface area (Å²) in [4.78, 5) is 24.8. The van der Waals surface area contributed by atoms with Crippen LogP contribution < -0.4 is 5.32 Å². The number of hydrogen-bond donors (Lipinski definition) is 2. The van der Waals surface area contributed by atoms with E-state index in [0.717, 1.165) is 38.5 Å². The Balaban J connectivity index is 1.79. The number of hydrogen-bond acceptors (Lipinski definition) is 5. The van der Waals surface area contributed by atoms with Gasteiger partial charge in [0.15, 0.2) is 5.69 Å². The van der Waals surface area contributed by atoms with E-state index in [4.69, 9.17) is 5.11 Å². The number of amides is 1. The van der Waals surface area contributed by atoms with Crippen LogP contribution in [0.15, 0.2) is 10.6 Å². The summed E-state index contributed by atoms with van der Waals surface area (Å²) in [6.07, 6.45) is 2.13. The van der Waals surface area contributed by atoms with Gasteiger partial charge in [0.2, 0.25) is 5.76 Å². The number of aromatic nitrogens is 1. The molecule has 2 rings (SSSR count). The van der Waals surface area contributed by atoms with Gasteiger partial charge in [0.1, 0.15) is 0 Å². The quantitative estimate of drug-likeness (QED) is 0.830. The molecule has 0 atom stereocenters. The largest absolute Gasteiger partial charge is 0.475 e. The molecule has 1 amide bonds. The summed E-state index contributed by atoms with van der Waals surface area (Å²) < 4.78 is 4.55. The van der Waals surface area contributed by atoms with Gasteiger partial charge < -0.3 is 19.8 Å². The van der Waals surface area contributed by atoms with Gasteiger partial charge in [-0.3, -0.25) is 4.79 Å². The maximum absolute atomic E-state index is 11.8. The second kappa shape index (κ2) is 6.51. The van der Waals surface area contributed by atoms with Crippen molar-refractivity contribution >= 4 is 11.9 Å². The lowest BCUT2D eigenvalue weighted by atomic mass is 9.97. The standard InChI is InChI=1S/C13H19N3O4/c1-2-16-5-3-9(4-6-16)8-14-12(17)10-7-11(13(18)19)20-15-10/h7,9H,2-6,8H2,1H3,(H,14,17)(H,18,19). The fourth-order valence-corrected chi connectivity index (χ4v) is 2.32. The summed E-state index contributed by atoms with van der Waals surface area (Å²) in [7, 11) is 0. The molecule has 0 bridgehead atoms. The van der Waals surface area contributed by atoms with Crippen molar-refractivity contribution in [1.29, 1.82) is 0 Å². The number of carbonyl (C=O) groups excluding carboxylic acids is 1. The Bertz CT molecular complexity index is 478. The van der Waals surface area contributed by atoms with Gasteiger partial charge in [-0.1, -0.05) is 12.1 Å². The van der Waals surface area contributed by atoms with E-state index < -0.39 is 5.97 Å². The van der Waals surface area contributed by atoms with Crippen LogP contribution in [0.1, 0.15) is 40.8 Å². The summed E-state index contributed by atoms with van der Waals surface area (Å²) in [5.41, 5.74) is 0.00777. The smallest absolute Gasteiger partial charge is 0.374 e. The van der Waals surface area contributed by atoms with Crippen molar-refractivity contribution < 1.29 is 19.2 Å². The number of nitrogens with zero attached hydrogens (tertiary/aromatic N) is 2. The van der Waals surface area contributed by atoms with Gasteiger partial charge >= 0.3 is 5.97 Å². The van der Waals surface area contributed by atoms with E-state index in [2.05, 4.69) is 26.8 Å². The van der Waals surface area contributed by atoms with Crippen molar-refractivity contribution in [2.24, 2.45) is 5.92 Å². The Morgan fingerprint density at radius 2 is 2.20 bits per heavy atom. The van der Waals surface area contributed by atoms with Gasteiger partial charge in [-0.15, -0.1) is 0 Å². The molecule has 1 fully saturated rings. The number of rotatable bonds is 5. The van der Waals surface area contributed by atoms with E-state index in [-0.39, 0.29) is 17.4 Å². The fourth-order valence-electron chi connectivity index (χ4n) is 2.32. The van der Waals surface area contributed by atoms with Crippen LogP contribution in [-0.4, -0.2) is 53.2 Å². The normalized spacial score (nSPS) is 17.1. The van der Waals surface area contributed by atoms with Crippen LogP contribution in [0.4, 0.5) is 0 Å². The topological polar surface area (TPSA) is 95.7 Å². The first kappa shape index (κ1) is 14.5. The maximum Gasteiger partial charge on any atom is 0.374 e. The predicted molar refractivity (Wildman–Crippen MR) is 70.6 cm³/mol. The Labute approximate surface area is 116 Å². The highest BCUT2D eigenvalue weighted by molar-refractivity contribution is 5.94. The van der Waals surface area contributed by atoms with E-state index >= 15 is 0 Å². The first-order valence-electron chi connectivity index (χ1n) is 6.80. The zero-order chi connectivity index (χ0) is 14.5. The predicted octanol–water partition coefficient (Wildman–Crippen LogP) is 0.835. The van der Waals surface area contributed by atoms with Crippen LogP contribution in [0.3, 0.4) is 0 Å². The van der Waals surface area contributed by atoms with Crippen LogP contribution >= 0.6 is 0 Å². The van der Waals surface area contributed by atoms with Crippen LogP contribution in [-0.2, 0) is 0 Å². The van der Waals surface area contributed by atoms with Gasteiger partial charge in [-0.05, 0) is 38.4 Å². The third-order valence-electron chi connectivity index (χ3n) is 3.66. The van der Waals surface area contributed by atoms with Crippen molar-refractivity contribution in [3.05, 3.63) is 17.5 Å². The highest BCUT2D eigenvalue weighted by Gasteiger charge is 2.20. The number of nitrogens with one attached hydrogen (secondary N) is 1. The van der Waals surface area contributed by atoms with Crippen molar-refractivity contribution in [1.82, 2.24) is 15.4 Å². The number of aromatic carboxylic acids is 1. The third-order valence-corrected chi connectivity index (χ3v) is 3.66. The summed E-state index contributed by atoms with van der Waals surface area (Å²) in [6.45, 7) is 5.92. The molecule has 1 saturated heterocycles. The zero-order valence-corrected chi connectivity index (χ0v) is 11.5. The molecular formula is C13H19N3O4. The molecule has 0 aliphatic carbocycles. The second-order valence-corrected chi connectivity index (χ2v) is 4.97. The molecule has 7 nitrogen and oxygen atoms in total. The van der Waals surface area contributed by atoms with Gasteiger partial charge in [0.25, 0.3) is 5.91 Å². The summed E-state index contributed by atoms with van der Waals surface area (Å²) >= 11 is 0. The highest BCUT2D eigenvalue weighted by Crippen LogP contribution is 2.16. The average Bonchev–Trinajstić information content (AvgIpc) is 2.95. The minimum atomic E-state index is -1.23. The van der Waals surface area contributed by atoms with Crippen molar-refractivity contribution in [3.8, 4) is 0 Å². The molecule has 0 saturated carbocycles. The molecule has 2 N–H and O–H groups in total. The van der Waals surface area contributed by atoms with E-state index in [9.17, 15) is 9.59 Å². The Morgan fingerprint density at radius 3 is 2.75 bits per heavy atom. The zero-order valence-electron chi connectivity index (χ0n) is 11.5. The van der Waals surface area contributed by atoms with E-state index in [1.54, 1.807) is 0 Å². The summed E-state index contributed by atoms with van der Waals surface area (Å²) in [6, 6.07) is 1.14. The molecule has 1 aromatic rings. The monoisotopic (exact) mass is 281 g/mol. The second-order valence-electron chi connectivity index (χ2n) is 4.97. The molecule has 110 valence electrons. The lowest BCUT2D eigenvalue weighted by Gasteiger charge is -2.30. The highest BCUT2D eigenvalue weighted by atomic mass is 16.5. The van der Waals surface area contributed by atoms with Crippen molar-refractivity contribution in [2.75, 3.05) is 26.2 Å². The van der Waals surface area contributed by atoms with Crippen molar-refractivity contribution in [2.45, 2.75) is 19.8 Å².